The van der Waals surface area contributed by atoms with E-state index < -0.39 is 0 Å². The van der Waals surface area contributed by atoms with Crippen LogP contribution in [0.25, 0.3) is 0 Å². The number of benzene rings is 2. The molecule has 1 atom stereocenters. The van der Waals surface area contributed by atoms with Crippen LogP contribution in [-0.4, -0.2) is 19.8 Å². The van der Waals surface area contributed by atoms with Crippen LogP contribution in [0.5, 0.6) is 5.75 Å². The molecule has 3 nitrogen and oxygen atoms in total. The molecule has 0 heterocycles. The molecule has 0 aliphatic heterocycles. The Morgan fingerprint density at radius 2 is 1.52 bits per heavy atom. The van der Waals surface area contributed by atoms with Crippen molar-refractivity contribution in [2.45, 2.75) is 26.2 Å². The van der Waals surface area contributed by atoms with E-state index in [9.17, 15) is 0 Å². The van der Waals surface area contributed by atoms with E-state index in [1.807, 2.05) is 49.4 Å². The fourth-order valence-electron chi connectivity index (χ4n) is 1.93. The molecule has 0 bridgehead atoms. The van der Waals surface area contributed by atoms with Gasteiger partial charge in [0.25, 0.3) is 0 Å². The Morgan fingerprint density at radius 3 is 2.19 bits per heavy atom. The normalized spacial score (nSPS) is 12.1. The molecule has 0 aliphatic carbocycles. The molecule has 0 radical (unpaired) electrons. The molecular formula is C18H22O3. The van der Waals surface area contributed by atoms with Crippen LogP contribution in [-0.2, 0) is 22.7 Å². The van der Waals surface area contributed by atoms with Gasteiger partial charge in [-0.3, -0.25) is 0 Å². The molecule has 2 aromatic rings. The smallest absolute Gasteiger partial charge is 0.118 e. The van der Waals surface area contributed by atoms with E-state index in [1.54, 1.807) is 7.11 Å². The SMILES string of the molecule is COc1ccc(COC[C@@H](C)OCc2ccccc2)cc1. The van der Waals surface area contributed by atoms with E-state index in [1.165, 1.54) is 5.56 Å². The highest BCUT2D eigenvalue weighted by Crippen LogP contribution is 2.12. The van der Waals surface area contributed by atoms with Gasteiger partial charge in [-0.2, -0.15) is 0 Å². The molecule has 0 amide bonds. The van der Waals surface area contributed by atoms with Gasteiger partial charge >= 0.3 is 0 Å². The van der Waals surface area contributed by atoms with Crippen LogP contribution in [0.1, 0.15) is 18.1 Å². The lowest BCUT2D eigenvalue weighted by Gasteiger charge is -2.13. The van der Waals surface area contributed by atoms with Crippen molar-refractivity contribution in [1.29, 1.82) is 0 Å². The summed E-state index contributed by atoms with van der Waals surface area (Å²) in [7, 11) is 1.66. The van der Waals surface area contributed by atoms with Crippen molar-refractivity contribution in [2.75, 3.05) is 13.7 Å². The summed E-state index contributed by atoms with van der Waals surface area (Å²) in [6.45, 7) is 3.81. The summed E-state index contributed by atoms with van der Waals surface area (Å²) in [4.78, 5) is 0. The number of ether oxygens (including phenoxy) is 3. The zero-order valence-electron chi connectivity index (χ0n) is 12.6. The van der Waals surface area contributed by atoms with Gasteiger partial charge in [-0.05, 0) is 30.2 Å². The van der Waals surface area contributed by atoms with Crippen molar-refractivity contribution in [3.63, 3.8) is 0 Å². The van der Waals surface area contributed by atoms with Crippen molar-refractivity contribution in [1.82, 2.24) is 0 Å². The standard InChI is InChI=1S/C18H22O3/c1-15(21-14-16-6-4-3-5-7-16)12-20-13-17-8-10-18(19-2)11-9-17/h3-11,15H,12-14H2,1-2H3/t15-/m1/s1. The average molecular weight is 286 g/mol. The van der Waals surface area contributed by atoms with Crippen molar-refractivity contribution in [3.8, 4) is 5.75 Å². The van der Waals surface area contributed by atoms with Gasteiger partial charge in [0.15, 0.2) is 0 Å². The molecule has 0 unspecified atom stereocenters. The van der Waals surface area contributed by atoms with Gasteiger partial charge in [-0.15, -0.1) is 0 Å². The summed E-state index contributed by atoms with van der Waals surface area (Å²) in [5.41, 5.74) is 2.31. The van der Waals surface area contributed by atoms with E-state index in [2.05, 4.69) is 12.1 Å². The van der Waals surface area contributed by atoms with Crippen molar-refractivity contribution in [2.24, 2.45) is 0 Å². The summed E-state index contributed by atoms with van der Waals surface area (Å²) in [5.74, 6) is 0.860. The van der Waals surface area contributed by atoms with Crippen molar-refractivity contribution < 1.29 is 14.2 Å². The van der Waals surface area contributed by atoms with Gasteiger partial charge in [0.2, 0.25) is 0 Å². The minimum Gasteiger partial charge on any atom is -0.497 e. The molecular weight excluding hydrogens is 264 g/mol. The highest BCUT2D eigenvalue weighted by molar-refractivity contribution is 5.26. The predicted octanol–water partition coefficient (Wildman–Crippen LogP) is 3.82. The third kappa shape index (κ3) is 5.58. The Morgan fingerprint density at radius 1 is 0.857 bits per heavy atom. The van der Waals surface area contributed by atoms with Crippen LogP contribution >= 0.6 is 0 Å². The molecule has 3 heteroatoms. The first-order chi connectivity index (χ1) is 10.3. The Bertz CT molecular complexity index is 508. The van der Waals surface area contributed by atoms with Gasteiger partial charge in [0.05, 0.1) is 33.0 Å². The topological polar surface area (TPSA) is 27.7 Å². The van der Waals surface area contributed by atoms with Crippen LogP contribution in [0.15, 0.2) is 54.6 Å². The lowest BCUT2D eigenvalue weighted by molar-refractivity contribution is -0.0198. The fourth-order valence-corrected chi connectivity index (χ4v) is 1.93. The lowest BCUT2D eigenvalue weighted by atomic mass is 10.2. The number of rotatable bonds is 8. The molecule has 21 heavy (non-hydrogen) atoms. The molecule has 0 aliphatic rings. The third-order valence-electron chi connectivity index (χ3n) is 3.16. The number of hydrogen-bond donors (Lipinski definition) is 0. The summed E-state index contributed by atoms with van der Waals surface area (Å²) in [5, 5.41) is 0. The number of methoxy groups -OCH3 is 1. The molecule has 0 spiro atoms. The van der Waals surface area contributed by atoms with Crippen LogP contribution < -0.4 is 4.74 Å². The summed E-state index contributed by atoms with van der Waals surface area (Å²) in [6.07, 6.45) is 0.0726. The van der Waals surface area contributed by atoms with E-state index >= 15 is 0 Å². The average Bonchev–Trinajstić information content (AvgIpc) is 2.54. The maximum atomic E-state index is 5.76. The maximum Gasteiger partial charge on any atom is 0.118 e. The van der Waals surface area contributed by atoms with E-state index in [4.69, 9.17) is 14.2 Å². The highest BCUT2D eigenvalue weighted by atomic mass is 16.5. The van der Waals surface area contributed by atoms with Crippen molar-refractivity contribution >= 4 is 0 Å². The summed E-state index contributed by atoms with van der Waals surface area (Å²) in [6, 6.07) is 18.1. The first kappa shape index (κ1) is 15.5. The van der Waals surface area contributed by atoms with Crippen LogP contribution in [0.2, 0.25) is 0 Å². The third-order valence-corrected chi connectivity index (χ3v) is 3.16. The second-order valence-corrected chi connectivity index (χ2v) is 4.97. The molecule has 0 saturated heterocycles. The lowest BCUT2D eigenvalue weighted by Crippen LogP contribution is -2.15. The highest BCUT2D eigenvalue weighted by Gasteiger charge is 2.03. The van der Waals surface area contributed by atoms with Crippen molar-refractivity contribution in [3.05, 3.63) is 65.7 Å². The predicted molar refractivity (Wildman–Crippen MR) is 83.3 cm³/mol. The molecule has 0 fully saturated rings. The van der Waals surface area contributed by atoms with Gasteiger partial charge in [0.1, 0.15) is 5.75 Å². The fraction of sp³-hybridized carbons (Fsp3) is 0.333. The van der Waals surface area contributed by atoms with E-state index in [0.29, 0.717) is 19.8 Å². The minimum atomic E-state index is 0.0726. The Hall–Kier alpha value is -1.84. The van der Waals surface area contributed by atoms with E-state index in [-0.39, 0.29) is 6.10 Å². The number of hydrogen-bond acceptors (Lipinski definition) is 3. The van der Waals surface area contributed by atoms with Gasteiger partial charge in [-0.25, -0.2) is 0 Å². The molecule has 2 rings (SSSR count). The Balaban J connectivity index is 1.65. The molecule has 2 aromatic carbocycles. The van der Waals surface area contributed by atoms with Gasteiger partial charge < -0.3 is 14.2 Å². The molecule has 0 saturated carbocycles. The Kier molecular flexibility index (Phi) is 6.25. The minimum absolute atomic E-state index is 0.0726. The molecule has 0 N–H and O–H groups in total. The summed E-state index contributed by atoms with van der Waals surface area (Å²) < 4.78 is 16.6. The largest absolute Gasteiger partial charge is 0.497 e. The zero-order valence-corrected chi connectivity index (χ0v) is 12.6. The van der Waals surface area contributed by atoms with E-state index in [0.717, 1.165) is 11.3 Å². The summed E-state index contributed by atoms with van der Waals surface area (Å²) >= 11 is 0. The van der Waals surface area contributed by atoms with Gasteiger partial charge in [0, 0.05) is 0 Å². The first-order valence-electron chi connectivity index (χ1n) is 7.14. The van der Waals surface area contributed by atoms with Crippen LogP contribution in [0.4, 0.5) is 0 Å². The quantitative estimate of drug-likeness (QED) is 0.738. The monoisotopic (exact) mass is 286 g/mol. The second-order valence-electron chi connectivity index (χ2n) is 4.97. The molecule has 0 aromatic heterocycles. The van der Waals surface area contributed by atoms with Crippen LogP contribution in [0, 0.1) is 0 Å². The zero-order chi connectivity index (χ0) is 14.9. The molecule has 112 valence electrons. The van der Waals surface area contributed by atoms with Gasteiger partial charge in [-0.1, -0.05) is 42.5 Å². The maximum absolute atomic E-state index is 5.76. The van der Waals surface area contributed by atoms with Crippen LogP contribution in [0.3, 0.4) is 0 Å². The first-order valence-corrected chi connectivity index (χ1v) is 7.14. The Labute approximate surface area is 126 Å². The second kappa shape index (κ2) is 8.45.